The van der Waals surface area contributed by atoms with E-state index in [0.29, 0.717) is 11.4 Å². The Balaban J connectivity index is 2.71. The Morgan fingerprint density at radius 1 is 0.720 bits per heavy atom. The fraction of sp³-hybridized carbons (Fsp3) is 0.400. The van der Waals surface area contributed by atoms with Gasteiger partial charge in [0.1, 0.15) is 23.0 Å². The van der Waals surface area contributed by atoms with Crippen LogP contribution in [-0.2, 0) is 0 Å². The summed E-state index contributed by atoms with van der Waals surface area (Å²) in [5.74, 6) is 3.24. The van der Waals surface area contributed by atoms with Crippen molar-refractivity contribution in [3.05, 3.63) is 41.5 Å². The van der Waals surface area contributed by atoms with Crippen LogP contribution in [0.3, 0.4) is 0 Å². The number of methoxy groups -OCH3 is 4. The molecule has 2 rings (SSSR count). The van der Waals surface area contributed by atoms with Gasteiger partial charge < -0.3 is 24.7 Å². The normalized spacial score (nSPS) is 12.0. The molecule has 2 aromatic rings. The zero-order chi connectivity index (χ0) is 18.6. The molecule has 0 radical (unpaired) electrons. The second kappa shape index (κ2) is 8.01. The van der Waals surface area contributed by atoms with Crippen LogP contribution in [0.15, 0.2) is 30.3 Å². The van der Waals surface area contributed by atoms with Crippen LogP contribution in [0.4, 0.5) is 5.69 Å². The lowest BCUT2D eigenvalue weighted by atomic mass is 9.81. The summed E-state index contributed by atoms with van der Waals surface area (Å²) in [5.41, 5.74) is 8.61. The zero-order valence-electron chi connectivity index (χ0n) is 15.8. The molecule has 0 aliphatic carbocycles. The number of rotatable bonds is 7. The van der Waals surface area contributed by atoms with Gasteiger partial charge in [-0.25, -0.2) is 0 Å². The van der Waals surface area contributed by atoms with Crippen molar-refractivity contribution in [2.75, 3.05) is 34.2 Å². The molecule has 0 aliphatic heterocycles. The molecule has 5 heteroatoms. The van der Waals surface area contributed by atoms with Gasteiger partial charge in [-0.1, -0.05) is 13.8 Å². The van der Waals surface area contributed by atoms with Crippen molar-refractivity contribution < 1.29 is 18.9 Å². The first-order chi connectivity index (χ1) is 12.0. The summed E-state index contributed by atoms with van der Waals surface area (Å²) in [6, 6.07) is 9.56. The zero-order valence-corrected chi connectivity index (χ0v) is 15.8. The van der Waals surface area contributed by atoms with E-state index < -0.39 is 0 Å². The van der Waals surface area contributed by atoms with E-state index in [1.807, 2.05) is 24.3 Å². The van der Waals surface area contributed by atoms with Gasteiger partial charge in [-0.15, -0.1) is 0 Å². The minimum Gasteiger partial charge on any atom is -0.497 e. The SMILES string of the molecule is COc1ccc(OC)c(C(c2cc(OC)c(N)cc2OC)C(C)C)c1. The summed E-state index contributed by atoms with van der Waals surface area (Å²) in [7, 11) is 6.58. The van der Waals surface area contributed by atoms with E-state index in [4.69, 9.17) is 24.7 Å². The van der Waals surface area contributed by atoms with Crippen molar-refractivity contribution in [2.45, 2.75) is 19.8 Å². The molecule has 2 N–H and O–H groups in total. The lowest BCUT2D eigenvalue weighted by molar-refractivity contribution is 0.381. The first-order valence-corrected chi connectivity index (χ1v) is 8.20. The van der Waals surface area contributed by atoms with Crippen LogP contribution in [0.25, 0.3) is 0 Å². The van der Waals surface area contributed by atoms with E-state index in [9.17, 15) is 0 Å². The van der Waals surface area contributed by atoms with Crippen LogP contribution >= 0.6 is 0 Å². The topological polar surface area (TPSA) is 62.9 Å². The standard InChI is InChI=1S/C20H27NO4/c1-12(2)20(14-9-13(22-3)7-8-17(14)23-4)15-10-19(25-6)16(21)11-18(15)24-5/h7-12,20H,21H2,1-6H3. The molecule has 25 heavy (non-hydrogen) atoms. The van der Waals surface area contributed by atoms with E-state index in [2.05, 4.69) is 13.8 Å². The van der Waals surface area contributed by atoms with Crippen LogP contribution in [0.2, 0.25) is 0 Å². The first kappa shape index (κ1) is 18.8. The fourth-order valence-corrected chi connectivity index (χ4v) is 3.16. The van der Waals surface area contributed by atoms with E-state index >= 15 is 0 Å². The minimum absolute atomic E-state index is 0.0227. The van der Waals surface area contributed by atoms with Crippen molar-refractivity contribution >= 4 is 5.69 Å². The summed E-state index contributed by atoms with van der Waals surface area (Å²) in [6.07, 6.45) is 0. The summed E-state index contributed by atoms with van der Waals surface area (Å²) >= 11 is 0. The highest BCUT2D eigenvalue weighted by atomic mass is 16.5. The number of hydrogen-bond donors (Lipinski definition) is 1. The Bertz CT molecular complexity index is 728. The second-order valence-electron chi connectivity index (χ2n) is 6.17. The Hall–Kier alpha value is -2.56. The van der Waals surface area contributed by atoms with Gasteiger partial charge in [0.2, 0.25) is 0 Å². The monoisotopic (exact) mass is 345 g/mol. The molecule has 0 aromatic heterocycles. The molecule has 1 atom stereocenters. The maximum Gasteiger partial charge on any atom is 0.142 e. The molecule has 0 spiro atoms. The van der Waals surface area contributed by atoms with Gasteiger partial charge in [-0.2, -0.15) is 0 Å². The molecular weight excluding hydrogens is 318 g/mol. The Labute approximate surface area is 149 Å². The molecule has 0 aliphatic rings. The van der Waals surface area contributed by atoms with Gasteiger partial charge >= 0.3 is 0 Å². The van der Waals surface area contributed by atoms with Crippen molar-refractivity contribution in [3.8, 4) is 23.0 Å². The van der Waals surface area contributed by atoms with E-state index in [1.54, 1.807) is 34.5 Å². The van der Waals surface area contributed by atoms with E-state index in [1.165, 1.54) is 0 Å². The van der Waals surface area contributed by atoms with Crippen LogP contribution in [0.1, 0.15) is 30.9 Å². The molecular formula is C20H27NO4. The molecule has 1 unspecified atom stereocenters. The molecule has 136 valence electrons. The van der Waals surface area contributed by atoms with Crippen LogP contribution in [0.5, 0.6) is 23.0 Å². The molecule has 0 amide bonds. The largest absolute Gasteiger partial charge is 0.497 e. The minimum atomic E-state index is 0.0227. The molecule has 0 heterocycles. The quantitative estimate of drug-likeness (QED) is 0.766. The van der Waals surface area contributed by atoms with Gasteiger partial charge in [0, 0.05) is 23.1 Å². The molecule has 2 aromatic carbocycles. The highest BCUT2D eigenvalue weighted by Gasteiger charge is 2.27. The number of benzene rings is 2. The van der Waals surface area contributed by atoms with Crippen LogP contribution < -0.4 is 24.7 Å². The second-order valence-corrected chi connectivity index (χ2v) is 6.17. The van der Waals surface area contributed by atoms with Crippen molar-refractivity contribution in [2.24, 2.45) is 5.92 Å². The smallest absolute Gasteiger partial charge is 0.142 e. The van der Waals surface area contributed by atoms with E-state index in [-0.39, 0.29) is 11.8 Å². The van der Waals surface area contributed by atoms with Crippen LogP contribution in [-0.4, -0.2) is 28.4 Å². The number of nitrogen functional groups attached to an aromatic ring is 1. The highest BCUT2D eigenvalue weighted by Crippen LogP contribution is 2.44. The lowest BCUT2D eigenvalue weighted by Gasteiger charge is -2.26. The fourth-order valence-electron chi connectivity index (χ4n) is 3.16. The summed E-state index contributed by atoms with van der Waals surface area (Å²) in [6.45, 7) is 4.32. The van der Waals surface area contributed by atoms with E-state index in [0.717, 1.165) is 28.4 Å². The average Bonchev–Trinajstić information content (AvgIpc) is 2.62. The maximum absolute atomic E-state index is 6.04. The molecule has 5 nitrogen and oxygen atoms in total. The van der Waals surface area contributed by atoms with Gasteiger partial charge in [0.15, 0.2) is 0 Å². The van der Waals surface area contributed by atoms with Crippen molar-refractivity contribution in [3.63, 3.8) is 0 Å². The summed E-state index contributed by atoms with van der Waals surface area (Å²) < 4.78 is 22.0. The van der Waals surface area contributed by atoms with Crippen molar-refractivity contribution in [1.82, 2.24) is 0 Å². The average molecular weight is 345 g/mol. The molecule has 0 bridgehead atoms. The third kappa shape index (κ3) is 3.76. The summed E-state index contributed by atoms with van der Waals surface area (Å²) in [4.78, 5) is 0. The first-order valence-electron chi connectivity index (χ1n) is 8.20. The molecule has 0 saturated carbocycles. The van der Waals surface area contributed by atoms with Crippen molar-refractivity contribution in [1.29, 1.82) is 0 Å². The Kier molecular flexibility index (Phi) is 6.02. The lowest BCUT2D eigenvalue weighted by Crippen LogP contribution is -2.12. The predicted molar refractivity (Wildman–Crippen MR) is 100 cm³/mol. The molecule has 0 saturated heterocycles. The number of anilines is 1. The highest BCUT2D eigenvalue weighted by molar-refractivity contribution is 5.62. The number of ether oxygens (including phenoxy) is 4. The van der Waals surface area contributed by atoms with Gasteiger partial charge in [0.05, 0.1) is 34.1 Å². The third-order valence-electron chi connectivity index (χ3n) is 4.36. The Morgan fingerprint density at radius 3 is 1.84 bits per heavy atom. The predicted octanol–water partition coefficient (Wildman–Crippen LogP) is 4.09. The third-order valence-corrected chi connectivity index (χ3v) is 4.36. The molecule has 0 fully saturated rings. The maximum atomic E-state index is 6.04. The van der Waals surface area contributed by atoms with Gasteiger partial charge in [-0.3, -0.25) is 0 Å². The van der Waals surface area contributed by atoms with Gasteiger partial charge in [-0.05, 0) is 30.2 Å². The Morgan fingerprint density at radius 2 is 1.32 bits per heavy atom. The summed E-state index contributed by atoms with van der Waals surface area (Å²) in [5, 5.41) is 0. The van der Waals surface area contributed by atoms with Gasteiger partial charge in [0.25, 0.3) is 0 Å². The van der Waals surface area contributed by atoms with Crippen LogP contribution in [0, 0.1) is 5.92 Å². The number of hydrogen-bond acceptors (Lipinski definition) is 5. The number of nitrogens with two attached hydrogens (primary N) is 1.